The largest absolute Gasteiger partial charge is 0.306 e. The summed E-state index contributed by atoms with van der Waals surface area (Å²) in [4.78, 5) is 31.8. The molecule has 2 heterocycles. The number of aryl methyl sites for hydroxylation is 1. The second-order valence-electron chi connectivity index (χ2n) is 9.80. The molecule has 1 aliphatic carbocycles. The summed E-state index contributed by atoms with van der Waals surface area (Å²) < 4.78 is 17.4. The van der Waals surface area contributed by atoms with E-state index in [4.69, 9.17) is 0 Å². The Balaban J connectivity index is 1.59. The summed E-state index contributed by atoms with van der Waals surface area (Å²) in [5, 5.41) is 6.24. The van der Waals surface area contributed by atoms with E-state index < -0.39 is 0 Å². The van der Waals surface area contributed by atoms with Crippen molar-refractivity contribution in [2.45, 2.75) is 52.0 Å². The second-order valence-corrected chi connectivity index (χ2v) is 9.80. The van der Waals surface area contributed by atoms with E-state index in [0.717, 1.165) is 54.0 Å². The van der Waals surface area contributed by atoms with E-state index in [2.05, 4.69) is 10.1 Å². The average molecular weight is 499 g/mol. The first-order chi connectivity index (χ1) is 18.0. The Bertz CT molecular complexity index is 1500. The number of anilines is 1. The molecule has 2 aromatic carbocycles. The number of allylic oxidation sites excluding steroid dienone is 1. The van der Waals surface area contributed by atoms with Gasteiger partial charge in [-0.15, -0.1) is 0 Å². The van der Waals surface area contributed by atoms with Crippen LogP contribution in [-0.2, 0) is 23.2 Å². The molecule has 1 amide bonds. The van der Waals surface area contributed by atoms with Crippen molar-refractivity contribution in [3.05, 3.63) is 71.9 Å². The molecule has 5 rings (SSSR count). The molecule has 0 bridgehead atoms. The van der Waals surface area contributed by atoms with Gasteiger partial charge < -0.3 is 4.90 Å². The third kappa shape index (κ3) is 5.03. The topological polar surface area (TPSA) is 68.1 Å². The number of ketones is 1. The lowest BCUT2D eigenvalue weighted by atomic mass is 9.88. The summed E-state index contributed by atoms with van der Waals surface area (Å²) in [6.45, 7) is 2.03. The van der Waals surface area contributed by atoms with Crippen molar-refractivity contribution in [2.75, 3.05) is 4.90 Å². The highest BCUT2D eigenvalue weighted by Crippen LogP contribution is 2.33. The molecule has 0 radical (unpaired) electrons. The summed E-state index contributed by atoms with van der Waals surface area (Å²) in [5.41, 5.74) is 2.55. The number of carbonyl (C=O) groups excluding carboxylic acids is 2. The number of benzene rings is 2. The zero-order chi connectivity index (χ0) is 25.9. The van der Waals surface area contributed by atoms with Gasteiger partial charge in [-0.05, 0) is 53.6 Å². The normalized spacial score (nSPS) is 14.6. The molecule has 0 saturated heterocycles. The van der Waals surface area contributed by atoms with Gasteiger partial charge in [0.05, 0.1) is 24.6 Å². The Labute approximate surface area is 215 Å². The standard InChI is InChI=1S/C30H31FN4O2/c1-3-26(36)13-12-20-14-25(18-32-16-20)35(30(37)21-8-5-4-6-9-21)19-23-11-7-10-22-15-24-17-33-34(2)29(24)28(31)27(22)23/h7,10-18,21H,3-6,8-9,19H2,1-2H3/b13-12+. The van der Waals surface area contributed by atoms with Gasteiger partial charge >= 0.3 is 0 Å². The van der Waals surface area contributed by atoms with Crippen LogP contribution in [0, 0.1) is 11.7 Å². The smallest absolute Gasteiger partial charge is 0.230 e. The first-order valence-corrected chi connectivity index (χ1v) is 13.0. The lowest BCUT2D eigenvalue weighted by Gasteiger charge is -2.30. The monoisotopic (exact) mass is 498 g/mol. The fourth-order valence-corrected chi connectivity index (χ4v) is 5.28. The molecule has 2 aromatic heterocycles. The van der Waals surface area contributed by atoms with Crippen LogP contribution in [0.3, 0.4) is 0 Å². The van der Waals surface area contributed by atoms with E-state index in [9.17, 15) is 9.59 Å². The van der Waals surface area contributed by atoms with E-state index in [1.807, 2.05) is 37.3 Å². The van der Waals surface area contributed by atoms with Gasteiger partial charge in [0.15, 0.2) is 11.6 Å². The molecule has 6 nitrogen and oxygen atoms in total. The first-order valence-electron chi connectivity index (χ1n) is 13.0. The van der Waals surface area contributed by atoms with Gasteiger partial charge in [-0.1, -0.05) is 44.4 Å². The Hall–Kier alpha value is -3.87. The van der Waals surface area contributed by atoms with Gasteiger partial charge in [0, 0.05) is 36.4 Å². The number of hydrogen-bond donors (Lipinski definition) is 0. The minimum atomic E-state index is -0.332. The molecule has 0 unspecified atom stereocenters. The van der Waals surface area contributed by atoms with Gasteiger partial charge in [0.2, 0.25) is 5.91 Å². The van der Waals surface area contributed by atoms with Crippen LogP contribution >= 0.6 is 0 Å². The minimum absolute atomic E-state index is 0.0215. The predicted molar refractivity (Wildman–Crippen MR) is 145 cm³/mol. The van der Waals surface area contributed by atoms with Crippen LogP contribution in [-0.4, -0.2) is 26.5 Å². The lowest BCUT2D eigenvalue weighted by molar-refractivity contribution is -0.123. The van der Waals surface area contributed by atoms with Gasteiger partial charge in [-0.25, -0.2) is 4.39 Å². The summed E-state index contributed by atoms with van der Waals surface area (Å²) in [6, 6.07) is 9.48. The van der Waals surface area contributed by atoms with Gasteiger partial charge in [-0.3, -0.25) is 19.3 Å². The van der Waals surface area contributed by atoms with Crippen LogP contribution in [0.1, 0.15) is 56.6 Å². The number of amides is 1. The molecule has 0 atom stereocenters. The van der Waals surface area contributed by atoms with Gasteiger partial charge in [0.25, 0.3) is 0 Å². The number of halogens is 1. The Morgan fingerprint density at radius 3 is 2.70 bits per heavy atom. The Morgan fingerprint density at radius 2 is 1.92 bits per heavy atom. The molecule has 1 aliphatic rings. The van der Waals surface area contributed by atoms with E-state index in [1.165, 1.54) is 6.08 Å². The molecule has 37 heavy (non-hydrogen) atoms. The molecule has 0 aliphatic heterocycles. The number of aromatic nitrogens is 3. The maximum Gasteiger partial charge on any atom is 0.230 e. The molecule has 1 fully saturated rings. The fraction of sp³-hybridized carbons (Fsp3) is 0.333. The van der Waals surface area contributed by atoms with Crippen molar-refractivity contribution >= 4 is 45.1 Å². The molecule has 1 saturated carbocycles. The fourth-order valence-electron chi connectivity index (χ4n) is 5.28. The van der Waals surface area contributed by atoms with Crippen LogP contribution in [0.2, 0.25) is 0 Å². The highest BCUT2D eigenvalue weighted by Gasteiger charge is 2.28. The third-order valence-corrected chi connectivity index (χ3v) is 7.30. The highest BCUT2D eigenvalue weighted by molar-refractivity contribution is 6.00. The number of carbonyl (C=O) groups is 2. The zero-order valence-corrected chi connectivity index (χ0v) is 21.3. The number of nitrogens with zero attached hydrogens (tertiary/aromatic N) is 4. The molecular formula is C30H31FN4O2. The lowest BCUT2D eigenvalue weighted by Crippen LogP contribution is -2.37. The van der Waals surface area contributed by atoms with Crippen LogP contribution < -0.4 is 4.90 Å². The van der Waals surface area contributed by atoms with Crippen molar-refractivity contribution in [3.63, 3.8) is 0 Å². The number of fused-ring (bicyclic) bond motifs is 2. The van der Waals surface area contributed by atoms with Gasteiger partial charge in [-0.2, -0.15) is 5.10 Å². The van der Waals surface area contributed by atoms with Crippen LogP contribution in [0.25, 0.3) is 27.8 Å². The summed E-state index contributed by atoms with van der Waals surface area (Å²) in [7, 11) is 1.73. The maximum atomic E-state index is 15.9. The van der Waals surface area contributed by atoms with Crippen molar-refractivity contribution < 1.29 is 14.0 Å². The van der Waals surface area contributed by atoms with E-state index in [0.29, 0.717) is 23.0 Å². The molecule has 7 heteroatoms. The first kappa shape index (κ1) is 24.8. The maximum absolute atomic E-state index is 15.9. The van der Waals surface area contributed by atoms with E-state index >= 15 is 4.39 Å². The summed E-state index contributed by atoms with van der Waals surface area (Å²) >= 11 is 0. The van der Waals surface area contributed by atoms with Crippen LogP contribution in [0.5, 0.6) is 0 Å². The number of rotatable bonds is 7. The predicted octanol–water partition coefficient (Wildman–Crippen LogP) is 6.37. The molecular weight excluding hydrogens is 467 g/mol. The summed E-state index contributed by atoms with van der Waals surface area (Å²) in [5.74, 6) is -0.348. The van der Waals surface area contributed by atoms with Gasteiger partial charge in [0.1, 0.15) is 5.52 Å². The molecule has 0 spiro atoms. The number of hydrogen-bond acceptors (Lipinski definition) is 4. The van der Waals surface area contributed by atoms with Crippen LogP contribution in [0.4, 0.5) is 10.1 Å². The average Bonchev–Trinajstić information content (AvgIpc) is 3.31. The van der Waals surface area contributed by atoms with Crippen molar-refractivity contribution in [3.8, 4) is 0 Å². The number of pyridine rings is 1. The third-order valence-electron chi connectivity index (χ3n) is 7.30. The highest BCUT2D eigenvalue weighted by atomic mass is 19.1. The van der Waals surface area contributed by atoms with Crippen LogP contribution in [0.15, 0.2) is 55.0 Å². The van der Waals surface area contributed by atoms with E-state index in [1.54, 1.807) is 41.3 Å². The molecule has 4 aromatic rings. The molecule has 0 N–H and O–H groups in total. The minimum Gasteiger partial charge on any atom is -0.306 e. The summed E-state index contributed by atoms with van der Waals surface area (Å²) in [6.07, 6.45) is 13.6. The SMILES string of the molecule is CCC(=O)/C=C/c1cncc(N(Cc2cccc3cc4cnn(C)c4c(F)c23)C(=O)C2CCCCC2)c1. The quantitative estimate of drug-likeness (QED) is 0.278. The van der Waals surface area contributed by atoms with Crippen molar-refractivity contribution in [1.82, 2.24) is 14.8 Å². The van der Waals surface area contributed by atoms with E-state index in [-0.39, 0.29) is 30.0 Å². The Kier molecular flexibility index (Phi) is 7.12. The van der Waals surface area contributed by atoms with Crippen molar-refractivity contribution in [1.29, 1.82) is 0 Å². The molecule has 190 valence electrons. The Morgan fingerprint density at radius 1 is 1.11 bits per heavy atom. The second kappa shape index (κ2) is 10.6. The van der Waals surface area contributed by atoms with Crippen molar-refractivity contribution in [2.24, 2.45) is 13.0 Å². The zero-order valence-electron chi connectivity index (χ0n) is 21.3.